The van der Waals surface area contributed by atoms with Crippen LogP contribution in [0.15, 0.2) is 30.5 Å². The number of carbonyl (C=O) groups excluding carboxylic acids is 1. The lowest BCUT2D eigenvalue weighted by atomic mass is 10.2. The number of benzene rings is 1. The molecule has 0 aliphatic carbocycles. The number of unbranched alkanes of at least 4 members (excludes halogenated alkanes) is 2. The molecule has 0 aliphatic heterocycles. The number of amides is 1. The quantitative estimate of drug-likeness (QED) is 0.636. The Morgan fingerprint density at radius 3 is 2.68 bits per heavy atom. The zero-order valence-electron chi connectivity index (χ0n) is 14.1. The van der Waals surface area contributed by atoms with Crippen LogP contribution in [0.25, 0.3) is 0 Å². The van der Waals surface area contributed by atoms with Crippen molar-refractivity contribution >= 4 is 11.9 Å². The zero-order valence-corrected chi connectivity index (χ0v) is 14.1. The number of aliphatic carboxylic acids is 1. The van der Waals surface area contributed by atoms with Gasteiger partial charge in [0.15, 0.2) is 0 Å². The van der Waals surface area contributed by atoms with Gasteiger partial charge in [-0.05, 0) is 30.7 Å². The van der Waals surface area contributed by atoms with E-state index in [0.29, 0.717) is 17.9 Å². The minimum atomic E-state index is -1.00. The number of carboxylic acid groups (broad SMARTS) is 1. The van der Waals surface area contributed by atoms with Crippen molar-refractivity contribution in [1.82, 2.24) is 20.3 Å². The summed E-state index contributed by atoms with van der Waals surface area (Å²) in [6, 6.07) is 6.94. The Morgan fingerprint density at radius 1 is 1.24 bits per heavy atom. The zero-order chi connectivity index (χ0) is 18.1. The van der Waals surface area contributed by atoms with Crippen molar-refractivity contribution in [3.63, 3.8) is 0 Å². The van der Waals surface area contributed by atoms with Gasteiger partial charge in [-0.25, -0.2) is 4.68 Å². The first-order valence-electron chi connectivity index (χ1n) is 8.20. The number of carboxylic acids is 1. The van der Waals surface area contributed by atoms with Gasteiger partial charge in [-0.15, -0.1) is 5.10 Å². The Bertz CT molecular complexity index is 697. The van der Waals surface area contributed by atoms with Crippen LogP contribution in [0.5, 0.6) is 5.75 Å². The summed E-state index contributed by atoms with van der Waals surface area (Å²) in [7, 11) is 0. The van der Waals surface area contributed by atoms with E-state index in [0.717, 1.165) is 25.0 Å². The Labute approximate surface area is 145 Å². The number of rotatable bonds is 10. The highest BCUT2D eigenvalue weighted by Gasteiger charge is 2.08. The Morgan fingerprint density at radius 2 is 2.00 bits per heavy atom. The average molecular weight is 346 g/mol. The molecule has 0 aliphatic rings. The molecular formula is C17H22N4O4. The van der Waals surface area contributed by atoms with Gasteiger partial charge < -0.3 is 15.2 Å². The first-order valence-corrected chi connectivity index (χ1v) is 8.20. The second kappa shape index (κ2) is 9.41. The van der Waals surface area contributed by atoms with E-state index in [-0.39, 0.29) is 19.0 Å². The standard InChI is InChI=1S/C17H22N4O4/c1-2-3-4-9-25-15-7-5-13(6-8-15)17(24)18-10-14-11-21(20-19-14)12-16(22)23/h5-8,11H,2-4,9-10,12H2,1H3,(H,18,24)(H,22,23). The molecule has 0 radical (unpaired) electrons. The molecule has 2 N–H and O–H groups in total. The smallest absolute Gasteiger partial charge is 0.325 e. The molecule has 0 spiro atoms. The van der Waals surface area contributed by atoms with Crippen molar-refractivity contribution in [3.05, 3.63) is 41.7 Å². The maximum atomic E-state index is 12.1. The number of aromatic nitrogens is 3. The highest BCUT2D eigenvalue weighted by atomic mass is 16.5. The second-order valence-electron chi connectivity index (χ2n) is 5.56. The third kappa shape index (κ3) is 6.25. The molecule has 8 nitrogen and oxygen atoms in total. The first-order chi connectivity index (χ1) is 12.1. The minimum absolute atomic E-state index is 0.174. The van der Waals surface area contributed by atoms with Gasteiger partial charge in [0.1, 0.15) is 18.0 Å². The Kier molecular flexibility index (Phi) is 6.94. The molecule has 2 rings (SSSR count). The first kappa shape index (κ1) is 18.4. The van der Waals surface area contributed by atoms with E-state index in [2.05, 4.69) is 22.6 Å². The van der Waals surface area contributed by atoms with Crippen molar-refractivity contribution in [1.29, 1.82) is 0 Å². The molecule has 0 unspecified atom stereocenters. The molecule has 25 heavy (non-hydrogen) atoms. The normalized spacial score (nSPS) is 10.4. The van der Waals surface area contributed by atoms with Gasteiger partial charge >= 0.3 is 5.97 Å². The largest absolute Gasteiger partial charge is 0.494 e. The van der Waals surface area contributed by atoms with Gasteiger partial charge in [-0.1, -0.05) is 25.0 Å². The van der Waals surface area contributed by atoms with Gasteiger partial charge in [0.25, 0.3) is 5.91 Å². The van der Waals surface area contributed by atoms with Crippen LogP contribution >= 0.6 is 0 Å². The molecule has 1 aromatic heterocycles. The molecule has 1 amide bonds. The summed E-state index contributed by atoms with van der Waals surface area (Å²) in [6.45, 7) is 2.72. The fourth-order valence-corrected chi connectivity index (χ4v) is 2.15. The molecule has 0 atom stereocenters. The van der Waals surface area contributed by atoms with E-state index in [9.17, 15) is 9.59 Å². The minimum Gasteiger partial charge on any atom is -0.494 e. The van der Waals surface area contributed by atoms with Crippen molar-refractivity contribution in [2.75, 3.05) is 6.61 Å². The number of nitrogens with one attached hydrogen (secondary N) is 1. The summed E-state index contributed by atoms with van der Waals surface area (Å²) < 4.78 is 6.81. The van der Waals surface area contributed by atoms with Crippen LogP contribution in [0.2, 0.25) is 0 Å². The van der Waals surface area contributed by atoms with E-state index in [1.54, 1.807) is 24.3 Å². The van der Waals surface area contributed by atoms with Crippen LogP contribution in [0.4, 0.5) is 0 Å². The van der Waals surface area contributed by atoms with E-state index < -0.39 is 5.97 Å². The molecule has 134 valence electrons. The number of carbonyl (C=O) groups is 2. The van der Waals surface area contributed by atoms with Crippen molar-refractivity contribution < 1.29 is 19.4 Å². The summed E-state index contributed by atoms with van der Waals surface area (Å²) in [4.78, 5) is 22.7. The van der Waals surface area contributed by atoms with Gasteiger partial charge in [0.05, 0.1) is 19.3 Å². The molecule has 2 aromatic rings. The molecule has 8 heteroatoms. The molecule has 1 heterocycles. The molecule has 1 aromatic carbocycles. The van der Waals surface area contributed by atoms with Crippen LogP contribution < -0.4 is 10.1 Å². The summed E-state index contributed by atoms with van der Waals surface area (Å²) in [5, 5.41) is 18.9. The summed E-state index contributed by atoms with van der Waals surface area (Å²) >= 11 is 0. The summed E-state index contributed by atoms with van der Waals surface area (Å²) in [5.74, 6) is -0.507. The van der Waals surface area contributed by atoms with Crippen LogP contribution in [-0.4, -0.2) is 38.6 Å². The number of ether oxygens (including phenoxy) is 1. The van der Waals surface area contributed by atoms with E-state index >= 15 is 0 Å². The van der Waals surface area contributed by atoms with Gasteiger partial charge in [-0.3, -0.25) is 9.59 Å². The second-order valence-corrected chi connectivity index (χ2v) is 5.56. The van der Waals surface area contributed by atoms with Gasteiger partial charge in [-0.2, -0.15) is 0 Å². The molecule has 0 fully saturated rings. The lowest BCUT2D eigenvalue weighted by Crippen LogP contribution is -2.22. The third-order valence-electron chi connectivity index (χ3n) is 3.45. The fraction of sp³-hybridized carbons (Fsp3) is 0.412. The SMILES string of the molecule is CCCCCOc1ccc(C(=O)NCc2cn(CC(=O)O)nn2)cc1. The molecule has 0 bridgehead atoms. The highest BCUT2D eigenvalue weighted by molar-refractivity contribution is 5.94. The van der Waals surface area contributed by atoms with Crippen LogP contribution in [0.1, 0.15) is 42.2 Å². The predicted octanol–water partition coefficient (Wildman–Crippen LogP) is 1.86. The number of hydrogen-bond donors (Lipinski definition) is 2. The maximum Gasteiger partial charge on any atom is 0.325 e. The van der Waals surface area contributed by atoms with Gasteiger partial charge in [0.2, 0.25) is 0 Å². The predicted molar refractivity (Wildman–Crippen MR) is 90.3 cm³/mol. The Balaban J connectivity index is 1.80. The lowest BCUT2D eigenvalue weighted by molar-refractivity contribution is -0.137. The molecule has 0 saturated heterocycles. The topological polar surface area (TPSA) is 106 Å². The van der Waals surface area contributed by atoms with Crippen molar-refractivity contribution in [2.24, 2.45) is 0 Å². The van der Waals surface area contributed by atoms with E-state index in [1.165, 1.54) is 10.9 Å². The molecular weight excluding hydrogens is 324 g/mol. The van der Waals surface area contributed by atoms with Crippen molar-refractivity contribution in [2.45, 2.75) is 39.3 Å². The summed E-state index contributed by atoms with van der Waals surface area (Å²) in [5.41, 5.74) is 1.00. The van der Waals surface area contributed by atoms with Crippen LogP contribution in [0.3, 0.4) is 0 Å². The molecule has 0 saturated carbocycles. The van der Waals surface area contributed by atoms with Crippen LogP contribution in [-0.2, 0) is 17.9 Å². The van der Waals surface area contributed by atoms with Crippen LogP contribution in [0, 0.1) is 0 Å². The van der Waals surface area contributed by atoms with E-state index in [1.807, 2.05) is 0 Å². The van der Waals surface area contributed by atoms with E-state index in [4.69, 9.17) is 9.84 Å². The fourth-order valence-electron chi connectivity index (χ4n) is 2.15. The summed E-state index contributed by atoms with van der Waals surface area (Å²) in [6.07, 6.45) is 4.78. The monoisotopic (exact) mass is 346 g/mol. The number of nitrogens with zero attached hydrogens (tertiary/aromatic N) is 3. The van der Waals surface area contributed by atoms with Crippen molar-refractivity contribution in [3.8, 4) is 5.75 Å². The number of hydrogen-bond acceptors (Lipinski definition) is 5. The lowest BCUT2D eigenvalue weighted by Gasteiger charge is -2.07. The third-order valence-corrected chi connectivity index (χ3v) is 3.45. The average Bonchev–Trinajstić information content (AvgIpc) is 3.04. The maximum absolute atomic E-state index is 12.1. The van der Waals surface area contributed by atoms with Gasteiger partial charge in [0, 0.05) is 5.56 Å². The highest BCUT2D eigenvalue weighted by Crippen LogP contribution is 2.13. The Hall–Kier alpha value is -2.90.